The number of rotatable bonds is 54. The highest BCUT2D eigenvalue weighted by molar-refractivity contribution is 6.04. The van der Waals surface area contributed by atoms with Crippen molar-refractivity contribution in [1.82, 2.24) is 60.9 Å². The van der Waals surface area contributed by atoms with Crippen molar-refractivity contribution in [2.24, 2.45) is 0 Å². The summed E-state index contributed by atoms with van der Waals surface area (Å²) in [5.41, 5.74) is 2.32. The second kappa shape index (κ2) is 48.7. The van der Waals surface area contributed by atoms with Gasteiger partial charge in [-0.3, -0.25) is 28.4 Å². The zero-order chi connectivity index (χ0) is 75.1. The van der Waals surface area contributed by atoms with Gasteiger partial charge in [0.1, 0.15) is 90.3 Å². The highest BCUT2D eigenvalue weighted by atomic mass is 16.7. The van der Waals surface area contributed by atoms with Gasteiger partial charge in [-0.1, -0.05) is 170 Å². The van der Waals surface area contributed by atoms with E-state index in [0.717, 1.165) is 193 Å². The molecule has 3 fully saturated rings. The van der Waals surface area contributed by atoms with Crippen molar-refractivity contribution >= 4 is 17.7 Å². The van der Waals surface area contributed by atoms with E-state index in [4.69, 9.17) is 28.4 Å². The summed E-state index contributed by atoms with van der Waals surface area (Å²) in [7, 11) is 0. The molecule has 4 aromatic rings. The third kappa shape index (κ3) is 30.0. The molecule has 594 valence electrons. The smallest absolute Gasteiger partial charge is 0.251 e. The fraction of sp³-hybridized carbons (Fsp3) is 0.792. The predicted molar refractivity (Wildman–Crippen MR) is 378 cm³/mol. The number of aliphatic hydroxyl groups is 12. The average Bonchev–Trinajstić information content (AvgIpc) is 1.65. The Hall–Kier alpha value is -5.67. The molecule has 0 unspecified atom stereocenters. The van der Waals surface area contributed by atoms with Crippen LogP contribution in [0.1, 0.15) is 241 Å². The fourth-order valence-electron chi connectivity index (χ4n) is 13.0. The molecule has 3 aliphatic heterocycles. The van der Waals surface area contributed by atoms with Gasteiger partial charge in [0.15, 0.2) is 18.9 Å². The van der Waals surface area contributed by atoms with Gasteiger partial charge in [-0.25, -0.2) is 0 Å². The maximum absolute atomic E-state index is 13.6. The van der Waals surface area contributed by atoms with Crippen LogP contribution in [0, 0.1) is 0 Å². The molecule has 0 saturated carbocycles. The van der Waals surface area contributed by atoms with Crippen LogP contribution < -0.4 is 16.0 Å². The lowest BCUT2D eigenvalue weighted by Gasteiger charge is -2.39. The number of ether oxygens (including phenoxy) is 6. The van der Waals surface area contributed by atoms with E-state index in [1.54, 1.807) is 50.8 Å². The largest absolute Gasteiger partial charge is 0.394 e. The van der Waals surface area contributed by atoms with Gasteiger partial charge >= 0.3 is 0 Å². The van der Waals surface area contributed by atoms with Crippen LogP contribution in [0.4, 0.5) is 0 Å². The molecule has 3 amide bonds. The van der Waals surface area contributed by atoms with E-state index in [0.29, 0.717) is 56.4 Å². The Labute approximate surface area is 614 Å². The Morgan fingerprint density at radius 2 is 0.543 bits per heavy atom. The third-order valence-corrected chi connectivity index (χ3v) is 19.5. The van der Waals surface area contributed by atoms with Gasteiger partial charge in [-0.15, -0.1) is 15.3 Å². The number of hydrogen-bond acceptors (Lipinski definition) is 27. The van der Waals surface area contributed by atoms with Crippen molar-refractivity contribution in [3.05, 3.63) is 70.6 Å². The Morgan fingerprint density at radius 1 is 0.324 bits per heavy atom. The zero-order valence-corrected chi connectivity index (χ0v) is 60.9. The normalized spacial score (nSPS) is 24.9. The highest BCUT2D eigenvalue weighted by Gasteiger charge is 2.46. The average molecular weight is 1490 g/mol. The Kier molecular flexibility index (Phi) is 40.1. The number of carbonyl (C=O) groups excluding carboxylic acids is 3. The number of amides is 3. The zero-order valence-electron chi connectivity index (χ0n) is 60.9. The number of aryl methyl sites for hydroxylation is 3. The minimum atomic E-state index is -1.52. The molecule has 105 heavy (non-hydrogen) atoms. The molecule has 0 spiro atoms. The molecule has 0 aliphatic carbocycles. The first-order valence-corrected chi connectivity index (χ1v) is 38.4. The van der Waals surface area contributed by atoms with Crippen LogP contribution in [0.15, 0.2) is 36.8 Å². The number of nitrogens with zero attached hydrogens (tertiary/aromatic N) is 9. The van der Waals surface area contributed by atoms with Crippen LogP contribution in [-0.2, 0) is 67.9 Å². The van der Waals surface area contributed by atoms with Crippen LogP contribution in [0.3, 0.4) is 0 Å². The van der Waals surface area contributed by atoms with Gasteiger partial charge in [0.2, 0.25) is 0 Å². The summed E-state index contributed by atoms with van der Waals surface area (Å²) < 4.78 is 38.1. The van der Waals surface area contributed by atoms with E-state index in [1.165, 1.54) is 0 Å². The molecule has 1 aromatic carbocycles. The summed E-state index contributed by atoms with van der Waals surface area (Å²) in [6, 6.07) is 4.69. The Bertz CT molecular complexity index is 2710. The molecular weight excluding hydrogens is 1370 g/mol. The molecule has 33 heteroatoms. The van der Waals surface area contributed by atoms with E-state index in [1.807, 2.05) is 0 Å². The standard InChI is InChI=1S/C72H120N12O21/c85-43-55-58(88)61(91)64(94)70(103-55)100-46-52-40-82(79-76-52)34-28-22-16-10-4-1-7-13-19-25-31-73-67(97)49-37-50(68(98)74-32-26-20-14-8-2-5-11-17-23-29-35-83-41-53(77-80-83)47-101-71-65(95)62(92)59(89)56(44-86)104-71)39-51(38-49)69(99)75-33-27-21-15-9-3-6-12-18-24-30-36-84-42-54(78-81-84)48-102-72-66(96)63(93)60(90)57(45-87)105-72/h37-42,55-66,70-72,85-96H,1-36,43-48H2,(H,73,97)(H,74,98)(H,75,99)/t55-,56-,57-,58+,59+,60+,61+,62+,63+,64-,65-,66-,70+,71+,72+/m1/s1. The molecular formula is C72H120N12O21. The lowest BCUT2D eigenvalue weighted by atomic mass is 9.99. The Balaban J connectivity index is 0.728. The molecule has 6 heterocycles. The van der Waals surface area contributed by atoms with Gasteiger partial charge in [0.25, 0.3) is 17.7 Å². The lowest BCUT2D eigenvalue weighted by molar-refractivity contribution is -0.304. The maximum atomic E-state index is 13.6. The van der Waals surface area contributed by atoms with Crippen LogP contribution in [-0.4, -0.2) is 256 Å². The molecule has 7 rings (SSSR count). The van der Waals surface area contributed by atoms with E-state index in [2.05, 4.69) is 46.9 Å². The van der Waals surface area contributed by atoms with Gasteiger partial charge in [-0.2, -0.15) is 0 Å². The summed E-state index contributed by atoms with van der Waals surface area (Å²) in [6.07, 6.45) is 16.1. The minimum Gasteiger partial charge on any atom is -0.394 e. The van der Waals surface area contributed by atoms with Crippen molar-refractivity contribution in [2.45, 2.75) is 324 Å². The molecule has 15 atom stereocenters. The molecule has 3 saturated heterocycles. The van der Waals surface area contributed by atoms with E-state index in [-0.39, 0.29) is 54.2 Å². The van der Waals surface area contributed by atoms with Crippen molar-refractivity contribution in [2.75, 3.05) is 39.5 Å². The van der Waals surface area contributed by atoms with Gasteiger partial charge in [-0.05, 0) is 56.7 Å². The number of nitrogens with one attached hydrogen (secondary N) is 3. The van der Waals surface area contributed by atoms with E-state index in [9.17, 15) is 75.7 Å². The predicted octanol–water partition coefficient (Wildman–Crippen LogP) is 2.40. The number of hydrogen-bond donors (Lipinski definition) is 15. The van der Waals surface area contributed by atoms with Crippen molar-refractivity contribution in [1.29, 1.82) is 0 Å². The molecule has 3 aromatic heterocycles. The van der Waals surface area contributed by atoms with Crippen LogP contribution in [0.2, 0.25) is 0 Å². The van der Waals surface area contributed by atoms with Crippen LogP contribution in [0.25, 0.3) is 0 Å². The molecule has 15 N–H and O–H groups in total. The molecule has 0 radical (unpaired) electrons. The van der Waals surface area contributed by atoms with Gasteiger partial charge < -0.3 is 106 Å². The third-order valence-electron chi connectivity index (χ3n) is 19.5. The number of carbonyl (C=O) groups is 3. The number of aromatic nitrogens is 9. The van der Waals surface area contributed by atoms with Crippen LogP contribution >= 0.6 is 0 Å². The van der Waals surface area contributed by atoms with E-state index >= 15 is 0 Å². The first-order chi connectivity index (χ1) is 51.0. The Morgan fingerprint density at radius 3 is 0.771 bits per heavy atom. The first kappa shape index (κ1) is 86.6. The van der Waals surface area contributed by atoms with Crippen molar-refractivity contribution in [3.8, 4) is 0 Å². The number of unbranched alkanes of at least 4 members (excludes halogenated alkanes) is 27. The second-order valence-corrected chi connectivity index (χ2v) is 28.1. The highest BCUT2D eigenvalue weighted by Crippen LogP contribution is 2.27. The van der Waals surface area contributed by atoms with Gasteiger partial charge in [0.05, 0.1) is 58.2 Å². The lowest BCUT2D eigenvalue weighted by Crippen LogP contribution is -2.59. The molecule has 3 aliphatic rings. The maximum Gasteiger partial charge on any atom is 0.251 e. The first-order valence-electron chi connectivity index (χ1n) is 38.4. The summed E-state index contributed by atoms with van der Waals surface area (Å²) >= 11 is 0. The molecule has 0 bridgehead atoms. The van der Waals surface area contributed by atoms with Crippen LogP contribution in [0.5, 0.6) is 0 Å². The number of aliphatic hydroxyl groups excluding tert-OH is 12. The fourth-order valence-corrected chi connectivity index (χ4v) is 13.0. The van der Waals surface area contributed by atoms with Gasteiger partial charge in [0, 0.05) is 56.0 Å². The van der Waals surface area contributed by atoms with Crippen molar-refractivity contribution in [3.63, 3.8) is 0 Å². The molecule has 33 nitrogen and oxygen atoms in total. The number of benzene rings is 1. The summed E-state index contributed by atoms with van der Waals surface area (Å²) in [6.45, 7) is 1.75. The second-order valence-electron chi connectivity index (χ2n) is 28.1. The SMILES string of the molecule is O=C(NCCCCCCCCCCCCn1cc(CO[C@H]2O[C@H](CO)[C@H](O)[C@H](O)[C@H]2O)nn1)c1cc(C(=O)NCCCCCCCCCCCCn2cc(CO[C@H]3O[C@H](CO)[C@H](O)[C@H](O)[C@H]3O)nn2)cc(C(=O)NCCCCCCCCCCCCn2cc(CO[C@H]3O[C@H](CO)[C@H](O)[C@H](O)[C@H]3O)nn2)c1. The quantitative estimate of drug-likeness (QED) is 0.0282. The topological polar surface area (TPSA) is 478 Å². The summed E-state index contributed by atoms with van der Waals surface area (Å²) in [5, 5.41) is 153. The minimum absolute atomic E-state index is 0.0331. The monoisotopic (exact) mass is 1490 g/mol. The van der Waals surface area contributed by atoms with E-state index < -0.39 is 112 Å². The van der Waals surface area contributed by atoms with Crippen molar-refractivity contribution < 1.29 is 104 Å². The summed E-state index contributed by atoms with van der Waals surface area (Å²) in [5.74, 6) is -1.01. The summed E-state index contributed by atoms with van der Waals surface area (Å²) in [4.78, 5) is 40.9.